The minimum atomic E-state index is -4.46. The first-order valence-corrected chi connectivity index (χ1v) is 7.12. The zero-order chi connectivity index (χ0) is 15.9. The average molecular weight is 315 g/mol. The van der Waals surface area contributed by atoms with Crippen LogP contribution in [-0.4, -0.2) is 35.3 Å². The van der Waals surface area contributed by atoms with Crippen molar-refractivity contribution in [2.45, 2.75) is 25.1 Å². The molecular weight excluding hydrogens is 299 g/mol. The quantitative estimate of drug-likeness (QED) is 0.880. The molecule has 1 aromatic rings. The van der Waals surface area contributed by atoms with Gasteiger partial charge in [-0.15, -0.1) is 0 Å². The number of nitrogens with one attached hydrogen (secondary N) is 1. The Hall–Kier alpha value is -1.99. The van der Waals surface area contributed by atoms with Gasteiger partial charge in [-0.2, -0.15) is 13.2 Å². The summed E-state index contributed by atoms with van der Waals surface area (Å²) >= 11 is 0. The van der Waals surface area contributed by atoms with E-state index in [4.69, 9.17) is 5.11 Å². The number of hydrogen-bond donors (Lipinski definition) is 2. The second-order valence-corrected chi connectivity index (χ2v) is 5.87. The number of nitrogens with zero attached hydrogens (tertiary/aromatic N) is 2. The van der Waals surface area contributed by atoms with Crippen LogP contribution in [0.1, 0.15) is 18.5 Å². The maximum Gasteiger partial charge on any atom is 0.433 e. The highest BCUT2D eigenvalue weighted by molar-refractivity contribution is 5.65. The van der Waals surface area contributed by atoms with Crippen molar-refractivity contribution in [3.8, 4) is 0 Å². The number of rotatable bonds is 2. The van der Waals surface area contributed by atoms with Crippen molar-refractivity contribution in [2.24, 2.45) is 11.8 Å². The molecule has 1 saturated carbocycles. The van der Waals surface area contributed by atoms with Crippen LogP contribution < -0.4 is 10.2 Å². The summed E-state index contributed by atoms with van der Waals surface area (Å²) < 4.78 is 38.2. The first-order valence-electron chi connectivity index (χ1n) is 7.12. The molecule has 5 nitrogen and oxygen atoms in total. The summed E-state index contributed by atoms with van der Waals surface area (Å²) in [7, 11) is 0. The highest BCUT2D eigenvalue weighted by Crippen LogP contribution is 2.39. The highest BCUT2D eigenvalue weighted by atomic mass is 19.4. The number of fused-ring (bicyclic) bond motifs is 2. The van der Waals surface area contributed by atoms with Crippen molar-refractivity contribution < 1.29 is 23.1 Å². The Morgan fingerprint density at radius 3 is 2.50 bits per heavy atom. The van der Waals surface area contributed by atoms with Crippen LogP contribution in [0.15, 0.2) is 18.3 Å². The molecule has 2 bridgehead atoms. The third-order valence-corrected chi connectivity index (χ3v) is 4.52. The Kier molecular flexibility index (Phi) is 3.62. The van der Waals surface area contributed by atoms with Crippen molar-refractivity contribution in [3.05, 3.63) is 24.0 Å². The van der Waals surface area contributed by atoms with Gasteiger partial charge in [-0.1, -0.05) is 0 Å². The molecule has 1 saturated heterocycles. The van der Waals surface area contributed by atoms with E-state index in [0.29, 0.717) is 18.8 Å². The molecule has 2 aliphatic rings. The Labute approximate surface area is 125 Å². The summed E-state index contributed by atoms with van der Waals surface area (Å²) in [6.07, 6.45) is -2.55. The lowest BCUT2D eigenvalue weighted by atomic mass is 9.92. The SMILES string of the molecule is O=C(O)N[C@@H]1[C@@H]2CC[C@H]1CN(c1ccnc(C(F)(F)F)c1)C2. The molecule has 22 heavy (non-hydrogen) atoms. The lowest BCUT2D eigenvalue weighted by Crippen LogP contribution is -2.52. The molecule has 2 N–H and O–H groups in total. The molecule has 120 valence electrons. The second-order valence-electron chi connectivity index (χ2n) is 5.87. The van der Waals surface area contributed by atoms with Gasteiger partial charge in [0, 0.05) is 31.0 Å². The van der Waals surface area contributed by atoms with Gasteiger partial charge in [0.15, 0.2) is 0 Å². The molecule has 0 spiro atoms. The predicted molar refractivity (Wildman–Crippen MR) is 72.6 cm³/mol. The Bertz CT molecular complexity index is 565. The Morgan fingerprint density at radius 2 is 1.95 bits per heavy atom. The average Bonchev–Trinajstić information content (AvgIpc) is 2.69. The molecule has 1 amide bonds. The van der Waals surface area contributed by atoms with Gasteiger partial charge in [0.2, 0.25) is 0 Å². The van der Waals surface area contributed by atoms with Crippen LogP contribution in [0.5, 0.6) is 0 Å². The van der Waals surface area contributed by atoms with Crippen LogP contribution in [0.25, 0.3) is 0 Å². The molecule has 1 aliphatic carbocycles. The van der Waals surface area contributed by atoms with E-state index >= 15 is 0 Å². The lowest BCUT2D eigenvalue weighted by molar-refractivity contribution is -0.141. The van der Waals surface area contributed by atoms with Gasteiger partial charge in [0.1, 0.15) is 5.69 Å². The number of carbonyl (C=O) groups is 1. The van der Waals surface area contributed by atoms with Crippen molar-refractivity contribution in [3.63, 3.8) is 0 Å². The van der Waals surface area contributed by atoms with Crippen LogP contribution in [0.4, 0.5) is 23.7 Å². The van der Waals surface area contributed by atoms with Gasteiger partial charge in [-0.05, 0) is 36.8 Å². The fraction of sp³-hybridized carbons (Fsp3) is 0.571. The van der Waals surface area contributed by atoms with Gasteiger partial charge in [0.05, 0.1) is 0 Å². The van der Waals surface area contributed by atoms with E-state index in [0.717, 1.165) is 18.9 Å². The minimum Gasteiger partial charge on any atom is -0.465 e. The summed E-state index contributed by atoms with van der Waals surface area (Å²) in [5, 5.41) is 11.4. The first kappa shape index (κ1) is 14.9. The summed E-state index contributed by atoms with van der Waals surface area (Å²) in [5.41, 5.74) is -0.406. The normalized spacial score (nSPS) is 27.8. The van der Waals surface area contributed by atoms with E-state index < -0.39 is 18.0 Å². The number of halogens is 3. The number of anilines is 1. The largest absolute Gasteiger partial charge is 0.465 e. The lowest BCUT2D eigenvalue weighted by Gasteiger charge is -2.39. The van der Waals surface area contributed by atoms with E-state index in [2.05, 4.69) is 10.3 Å². The van der Waals surface area contributed by atoms with E-state index in [1.807, 2.05) is 4.90 Å². The third-order valence-electron chi connectivity index (χ3n) is 4.52. The number of hydrogen-bond acceptors (Lipinski definition) is 3. The number of piperidine rings is 1. The van der Waals surface area contributed by atoms with Gasteiger partial charge in [0.25, 0.3) is 0 Å². The molecule has 0 unspecified atom stereocenters. The first-order chi connectivity index (χ1) is 10.3. The smallest absolute Gasteiger partial charge is 0.433 e. The zero-order valence-corrected chi connectivity index (χ0v) is 11.7. The third kappa shape index (κ3) is 2.82. The predicted octanol–water partition coefficient (Wildman–Crippen LogP) is 2.58. The van der Waals surface area contributed by atoms with Gasteiger partial charge >= 0.3 is 12.3 Å². The van der Waals surface area contributed by atoms with Crippen LogP contribution in [0.2, 0.25) is 0 Å². The Morgan fingerprint density at radius 1 is 1.32 bits per heavy atom. The van der Waals surface area contributed by atoms with Gasteiger partial charge in [-0.25, -0.2) is 4.79 Å². The molecule has 1 aromatic heterocycles. The fourth-order valence-corrected chi connectivity index (χ4v) is 3.58. The number of aromatic nitrogens is 1. The van der Waals surface area contributed by atoms with E-state index in [-0.39, 0.29) is 17.9 Å². The standard InChI is InChI=1S/C14H16F3N3O2/c15-14(16,17)11-5-10(3-4-18-11)20-6-8-1-2-9(7-20)12(8)19-13(21)22/h3-5,8-9,12,19H,1-2,6-7H2,(H,21,22)/t8-,9+,12-. The molecule has 2 heterocycles. The summed E-state index contributed by atoms with van der Waals surface area (Å²) in [5.74, 6) is 0.273. The summed E-state index contributed by atoms with van der Waals surface area (Å²) in [4.78, 5) is 16.1. The molecule has 3 rings (SSSR count). The van der Waals surface area contributed by atoms with E-state index in [9.17, 15) is 18.0 Å². The van der Waals surface area contributed by atoms with Crippen LogP contribution in [0.3, 0.4) is 0 Å². The van der Waals surface area contributed by atoms with Gasteiger partial charge < -0.3 is 15.3 Å². The van der Waals surface area contributed by atoms with Crippen LogP contribution in [0, 0.1) is 11.8 Å². The maximum atomic E-state index is 12.7. The topological polar surface area (TPSA) is 65.5 Å². The number of amides is 1. The second kappa shape index (κ2) is 5.33. The highest BCUT2D eigenvalue weighted by Gasteiger charge is 2.43. The fourth-order valence-electron chi connectivity index (χ4n) is 3.58. The Balaban J connectivity index is 1.77. The van der Waals surface area contributed by atoms with Crippen LogP contribution >= 0.6 is 0 Å². The molecule has 3 atom stereocenters. The summed E-state index contributed by atoms with van der Waals surface area (Å²) in [6.45, 7) is 1.12. The molecule has 0 radical (unpaired) electrons. The zero-order valence-electron chi connectivity index (χ0n) is 11.7. The molecule has 8 heteroatoms. The molecular formula is C14H16F3N3O2. The van der Waals surface area contributed by atoms with Gasteiger partial charge in [-0.3, -0.25) is 4.98 Å². The van der Waals surface area contributed by atoms with E-state index in [1.54, 1.807) is 6.07 Å². The maximum absolute atomic E-state index is 12.7. The van der Waals surface area contributed by atoms with Crippen LogP contribution in [-0.2, 0) is 6.18 Å². The molecule has 2 fully saturated rings. The van der Waals surface area contributed by atoms with Crippen molar-refractivity contribution >= 4 is 11.8 Å². The van der Waals surface area contributed by atoms with Crippen molar-refractivity contribution in [1.29, 1.82) is 0 Å². The number of pyridine rings is 1. The van der Waals surface area contributed by atoms with Crippen molar-refractivity contribution in [1.82, 2.24) is 10.3 Å². The summed E-state index contributed by atoms with van der Waals surface area (Å²) in [6, 6.07) is 2.53. The monoisotopic (exact) mass is 315 g/mol. The molecule has 0 aromatic carbocycles. The van der Waals surface area contributed by atoms with Crippen molar-refractivity contribution in [2.75, 3.05) is 18.0 Å². The number of carboxylic acid groups (broad SMARTS) is 1. The van der Waals surface area contributed by atoms with E-state index in [1.165, 1.54) is 6.20 Å². The number of alkyl halides is 3. The minimum absolute atomic E-state index is 0.0994. The molecule has 1 aliphatic heterocycles.